The summed E-state index contributed by atoms with van der Waals surface area (Å²) in [4.78, 5) is 13.5. The first kappa shape index (κ1) is 15.0. The van der Waals surface area contributed by atoms with Crippen LogP contribution in [0.25, 0.3) is 10.7 Å². The number of carbonyl (C=O) groups excluding carboxylic acids is 1. The lowest BCUT2D eigenvalue weighted by atomic mass is 10.1. The van der Waals surface area contributed by atoms with E-state index in [0.717, 1.165) is 21.4 Å². The predicted octanol–water partition coefficient (Wildman–Crippen LogP) is 3.91. The number of rotatable bonds is 5. The first-order valence-electron chi connectivity index (χ1n) is 6.86. The zero-order valence-electron chi connectivity index (χ0n) is 12.3. The van der Waals surface area contributed by atoms with Crippen LogP contribution in [-0.2, 0) is 7.05 Å². The Kier molecular flexibility index (Phi) is 4.40. The largest absolute Gasteiger partial charge is 0.304 e. The van der Waals surface area contributed by atoms with Crippen molar-refractivity contribution in [2.24, 2.45) is 7.05 Å². The first-order chi connectivity index (χ1) is 10.7. The molecule has 6 heteroatoms. The van der Waals surface area contributed by atoms with Gasteiger partial charge in [0.1, 0.15) is 0 Å². The van der Waals surface area contributed by atoms with Crippen LogP contribution in [0, 0.1) is 0 Å². The van der Waals surface area contributed by atoms with E-state index >= 15 is 0 Å². The molecule has 0 bridgehead atoms. The summed E-state index contributed by atoms with van der Waals surface area (Å²) in [6, 6.07) is 13.3. The van der Waals surface area contributed by atoms with Crippen molar-refractivity contribution >= 4 is 28.9 Å². The molecule has 1 atom stereocenters. The molecule has 1 aromatic carbocycles. The highest BCUT2D eigenvalue weighted by atomic mass is 32.2. The van der Waals surface area contributed by atoms with Crippen molar-refractivity contribution in [3.8, 4) is 10.7 Å². The van der Waals surface area contributed by atoms with Gasteiger partial charge in [-0.1, -0.05) is 48.2 Å². The van der Waals surface area contributed by atoms with Crippen molar-refractivity contribution in [2.75, 3.05) is 0 Å². The maximum Gasteiger partial charge on any atom is 0.191 e. The van der Waals surface area contributed by atoms with Crippen LogP contribution < -0.4 is 0 Å². The van der Waals surface area contributed by atoms with Crippen molar-refractivity contribution in [1.82, 2.24) is 14.8 Å². The summed E-state index contributed by atoms with van der Waals surface area (Å²) >= 11 is 3.06. The van der Waals surface area contributed by atoms with E-state index in [2.05, 4.69) is 10.2 Å². The topological polar surface area (TPSA) is 47.8 Å². The molecule has 0 saturated carbocycles. The maximum atomic E-state index is 12.4. The summed E-state index contributed by atoms with van der Waals surface area (Å²) in [6.45, 7) is 1.90. The van der Waals surface area contributed by atoms with E-state index in [1.807, 2.05) is 66.4 Å². The number of hydrogen-bond acceptors (Lipinski definition) is 5. The number of benzene rings is 1. The maximum absolute atomic E-state index is 12.4. The highest BCUT2D eigenvalue weighted by Gasteiger charge is 2.20. The number of thioether (sulfide) groups is 1. The van der Waals surface area contributed by atoms with Crippen LogP contribution in [0.15, 0.2) is 53.0 Å². The summed E-state index contributed by atoms with van der Waals surface area (Å²) in [5.41, 5.74) is 0.725. The van der Waals surface area contributed by atoms with E-state index in [-0.39, 0.29) is 11.0 Å². The third-order valence-corrected chi connectivity index (χ3v) is 5.29. The number of Topliss-reactive ketones (excluding diaryl/α,β-unsaturated/α-hetero) is 1. The van der Waals surface area contributed by atoms with Crippen LogP contribution in [-0.4, -0.2) is 25.8 Å². The predicted molar refractivity (Wildman–Crippen MR) is 90.4 cm³/mol. The van der Waals surface area contributed by atoms with Gasteiger partial charge in [-0.2, -0.15) is 0 Å². The minimum Gasteiger partial charge on any atom is -0.304 e. The lowest BCUT2D eigenvalue weighted by molar-refractivity contribution is 0.0994. The summed E-state index contributed by atoms with van der Waals surface area (Å²) < 4.78 is 1.94. The van der Waals surface area contributed by atoms with E-state index < -0.39 is 0 Å². The molecule has 0 aliphatic carbocycles. The van der Waals surface area contributed by atoms with Crippen LogP contribution in [0.1, 0.15) is 17.3 Å². The van der Waals surface area contributed by atoms with Gasteiger partial charge in [0.25, 0.3) is 0 Å². The molecule has 0 saturated heterocycles. The van der Waals surface area contributed by atoms with Crippen molar-refractivity contribution in [3.05, 3.63) is 53.4 Å². The molecule has 0 radical (unpaired) electrons. The molecule has 4 nitrogen and oxygen atoms in total. The van der Waals surface area contributed by atoms with Gasteiger partial charge < -0.3 is 4.57 Å². The lowest BCUT2D eigenvalue weighted by Crippen LogP contribution is -2.14. The number of aromatic nitrogens is 3. The second-order valence-corrected chi connectivity index (χ2v) is 7.09. The zero-order valence-corrected chi connectivity index (χ0v) is 13.9. The standard InChI is InChI=1S/C16H15N3OS2/c1-11(14(20)12-7-4-3-5-8-12)22-16-18-17-15(19(16)2)13-9-6-10-21-13/h3-11H,1-2H3/t11-/m0/s1. The summed E-state index contributed by atoms with van der Waals surface area (Å²) in [7, 11) is 1.93. The molecule has 0 aliphatic rings. The quantitative estimate of drug-likeness (QED) is 0.526. The Bertz CT molecular complexity index is 766. The zero-order chi connectivity index (χ0) is 15.5. The Morgan fingerprint density at radius 3 is 2.64 bits per heavy atom. The van der Waals surface area contributed by atoms with Crippen LogP contribution in [0.5, 0.6) is 0 Å². The fourth-order valence-corrected chi connectivity index (χ4v) is 3.72. The van der Waals surface area contributed by atoms with Crippen molar-refractivity contribution in [3.63, 3.8) is 0 Å². The van der Waals surface area contributed by atoms with Gasteiger partial charge in [0.2, 0.25) is 0 Å². The van der Waals surface area contributed by atoms with Crippen molar-refractivity contribution in [1.29, 1.82) is 0 Å². The van der Waals surface area contributed by atoms with Crippen LogP contribution in [0.4, 0.5) is 0 Å². The van der Waals surface area contributed by atoms with Gasteiger partial charge in [-0.05, 0) is 18.4 Å². The van der Waals surface area contributed by atoms with Gasteiger partial charge in [0.05, 0.1) is 10.1 Å². The Morgan fingerprint density at radius 1 is 1.18 bits per heavy atom. The van der Waals surface area contributed by atoms with Gasteiger partial charge in [0, 0.05) is 12.6 Å². The van der Waals surface area contributed by atoms with Gasteiger partial charge in [-0.25, -0.2) is 0 Å². The van der Waals surface area contributed by atoms with Gasteiger partial charge in [-0.3, -0.25) is 4.79 Å². The Balaban J connectivity index is 1.78. The fraction of sp³-hybridized carbons (Fsp3) is 0.188. The number of nitrogens with zero attached hydrogens (tertiary/aromatic N) is 3. The summed E-state index contributed by atoms with van der Waals surface area (Å²) in [6.07, 6.45) is 0. The second kappa shape index (κ2) is 6.46. The van der Waals surface area contributed by atoms with Gasteiger partial charge >= 0.3 is 0 Å². The van der Waals surface area contributed by atoms with Gasteiger partial charge in [-0.15, -0.1) is 21.5 Å². The molecule has 22 heavy (non-hydrogen) atoms. The molecule has 3 rings (SSSR count). The smallest absolute Gasteiger partial charge is 0.191 e. The lowest BCUT2D eigenvalue weighted by Gasteiger charge is -2.09. The van der Waals surface area contributed by atoms with E-state index in [1.54, 1.807) is 11.3 Å². The molecule has 3 aromatic rings. The monoisotopic (exact) mass is 329 g/mol. The number of carbonyl (C=O) groups is 1. The number of ketones is 1. The third-order valence-electron chi connectivity index (χ3n) is 3.29. The SMILES string of the molecule is C[C@H](Sc1nnc(-c2cccs2)n1C)C(=O)c1ccccc1. The first-order valence-corrected chi connectivity index (χ1v) is 8.62. The third kappa shape index (κ3) is 2.98. The van der Waals surface area contributed by atoms with Gasteiger partial charge in [0.15, 0.2) is 16.8 Å². The highest BCUT2D eigenvalue weighted by molar-refractivity contribution is 8.00. The van der Waals surface area contributed by atoms with Crippen LogP contribution in [0.3, 0.4) is 0 Å². The van der Waals surface area contributed by atoms with Crippen LogP contribution in [0.2, 0.25) is 0 Å². The molecule has 0 N–H and O–H groups in total. The number of hydrogen-bond donors (Lipinski definition) is 0. The second-order valence-electron chi connectivity index (χ2n) is 4.83. The van der Waals surface area contributed by atoms with E-state index in [0.29, 0.717) is 0 Å². The van der Waals surface area contributed by atoms with E-state index in [1.165, 1.54) is 11.8 Å². The molecule has 112 valence electrons. The minimum absolute atomic E-state index is 0.103. The molecule has 0 unspecified atom stereocenters. The fourth-order valence-electron chi connectivity index (χ4n) is 2.09. The van der Waals surface area contributed by atoms with E-state index in [9.17, 15) is 4.79 Å². The highest BCUT2D eigenvalue weighted by Crippen LogP contribution is 2.29. The average Bonchev–Trinajstić information content (AvgIpc) is 3.18. The molecule has 0 amide bonds. The molecular formula is C16H15N3OS2. The molecule has 2 heterocycles. The minimum atomic E-state index is -0.207. The van der Waals surface area contributed by atoms with E-state index in [4.69, 9.17) is 0 Å². The Hall–Kier alpha value is -1.92. The molecule has 2 aromatic heterocycles. The molecule has 0 spiro atoms. The molecular weight excluding hydrogens is 314 g/mol. The van der Waals surface area contributed by atoms with Crippen LogP contribution >= 0.6 is 23.1 Å². The van der Waals surface area contributed by atoms with Crippen molar-refractivity contribution in [2.45, 2.75) is 17.3 Å². The average molecular weight is 329 g/mol. The summed E-state index contributed by atoms with van der Waals surface area (Å²) in [5, 5.41) is 11.0. The Morgan fingerprint density at radius 2 is 1.95 bits per heavy atom. The van der Waals surface area contributed by atoms with Crippen molar-refractivity contribution < 1.29 is 4.79 Å². The Labute approximate surface area is 137 Å². The molecule has 0 aliphatic heterocycles. The summed E-state index contributed by atoms with van der Waals surface area (Å²) in [5.74, 6) is 0.933. The number of thiophene rings is 1. The normalized spacial score (nSPS) is 12.3. The molecule has 0 fully saturated rings.